The molecule has 0 bridgehead atoms. The van der Waals surface area contributed by atoms with Crippen molar-refractivity contribution < 1.29 is 9.90 Å². The van der Waals surface area contributed by atoms with E-state index >= 15 is 0 Å². The minimum atomic E-state index is -0.291. The number of amides is 1. The molecule has 1 aromatic carbocycles. The van der Waals surface area contributed by atoms with Crippen LogP contribution in [0.2, 0.25) is 0 Å². The van der Waals surface area contributed by atoms with Crippen LogP contribution in [0.1, 0.15) is 25.3 Å². The first kappa shape index (κ1) is 14.5. The zero-order chi connectivity index (χ0) is 14.5. The highest BCUT2D eigenvalue weighted by atomic mass is 16.3. The fourth-order valence-electron chi connectivity index (χ4n) is 2.28. The van der Waals surface area contributed by atoms with Crippen molar-refractivity contribution in [3.63, 3.8) is 0 Å². The van der Waals surface area contributed by atoms with Crippen molar-refractivity contribution in [1.82, 2.24) is 4.90 Å². The molecule has 0 aliphatic heterocycles. The van der Waals surface area contributed by atoms with E-state index in [9.17, 15) is 4.79 Å². The Morgan fingerprint density at radius 3 is 2.95 bits per heavy atom. The van der Waals surface area contributed by atoms with E-state index in [2.05, 4.69) is 5.32 Å². The summed E-state index contributed by atoms with van der Waals surface area (Å²) < 4.78 is 0. The highest BCUT2D eigenvalue weighted by Crippen LogP contribution is 2.28. The Hall–Kier alpha value is -1.90. The standard InChI is InChI=1S/C15H19N3O2/c1-11(18(7-8-19)14-5-6-14)15(20)17-13-4-2-3-12(9-13)10-16/h2-4,9,11,14,19H,5-8H2,1H3,(H,17,20). The van der Waals surface area contributed by atoms with E-state index in [0.717, 1.165) is 12.8 Å². The lowest BCUT2D eigenvalue weighted by atomic mass is 10.2. The normalized spacial score (nSPS) is 15.7. The van der Waals surface area contributed by atoms with Crippen LogP contribution in [0.4, 0.5) is 5.69 Å². The predicted octanol–water partition coefficient (Wildman–Crippen LogP) is 1.34. The number of aliphatic hydroxyl groups is 1. The second-order valence-corrected chi connectivity index (χ2v) is 5.05. The van der Waals surface area contributed by atoms with Gasteiger partial charge in [0.2, 0.25) is 5.91 Å². The number of nitrogens with one attached hydrogen (secondary N) is 1. The van der Waals surface area contributed by atoms with Gasteiger partial charge in [-0.05, 0) is 38.0 Å². The first-order valence-corrected chi connectivity index (χ1v) is 6.83. The molecule has 0 radical (unpaired) electrons. The lowest BCUT2D eigenvalue weighted by Gasteiger charge is -2.27. The van der Waals surface area contributed by atoms with Gasteiger partial charge in [-0.25, -0.2) is 0 Å². The van der Waals surface area contributed by atoms with Crippen LogP contribution in [0.3, 0.4) is 0 Å². The van der Waals surface area contributed by atoms with E-state index in [1.807, 2.05) is 17.9 Å². The summed E-state index contributed by atoms with van der Waals surface area (Å²) in [6, 6.07) is 9.02. The third kappa shape index (κ3) is 3.56. The summed E-state index contributed by atoms with van der Waals surface area (Å²) in [6.07, 6.45) is 2.17. The summed E-state index contributed by atoms with van der Waals surface area (Å²) in [7, 11) is 0. The van der Waals surface area contributed by atoms with Crippen molar-refractivity contribution in [3.05, 3.63) is 29.8 Å². The van der Waals surface area contributed by atoms with E-state index in [4.69, 9.17) is 10.4 Å². The summed E-state index contributed by atoms with van der Waals surface area (Å²) in [6.45, 7) is 2.41. The lowest BCUT2D eigenvalue weighted by molar-refractivity contribution is -0.121. The Balaban J connectivity index is 2.01. The Labute approximate surface area is 118 Å². The van der Waals surface area contributed by atoms with Gasteiger partial charge in [0, 0.05) is 18.3 Å². The van der Waals surface area contributed by atoms with E-state index in [-0.39, 0.29) is 18.6 Å². The summed E-state index contributed by atoms with van der Waals surface area (Å²) in [5.74, 6) is -0.111. The molecular weight excluding hydrogens is 254 g/mol. The van der Waals surface area contributed by atoms with E-state index in [1.165, 1.54) is 0 Å². The van der Waals surface area contributed by atoms with Crippen LogP contribution in [0.15, 0.2) is 24.3 Å². The number of aliphatic hydroxyl groups excluding tert-OH is 1. The third-order valence-corrected chi connectivity index (χ3v) is 3.51. The molecule has 5 nitrogen and oxygen atoms in total. The fourth-order valence-corrected chi connectivity index (χ4v) is 2.28. The topological polar surface area (TPSA) is 76.4 Å². The molecule has 0 heterocycles. The van der Waals surface area contributed by atoms with Crippen molar-refractivity contribution in [3.8, 4) is 6.07 Å². The Kier molecular flexibility index (Phi) is 4.72. The van der Waals surface area contributed by atoms with Gasteiger partial charge in [-0.15, -0.1) is 0 Å². The van der Waals surface area contributed by atoms with Gasteiger partial charge in [-0.1, -0.05) is 6.07 Å². The molecule has 1 aromatic rings. The number of nitriles is 1. The van der Waals surface area contributed by atoms with Gasteiger partial charge in [-0.3, -0.25) is 9.69 Å². The number of hydrogen-bond acceptors (Lipinski definition) is 4. The van der Waals surface area contributed by atoms with Crippen LogP contribution in [0.5, 0.6) is 0 Å². The largest absolute Gasteiger partial charge is 0.395 e. The van der Waals surface area contributed by atoms with Crippen LogP contribution < -0.4 is 5.32 Å². The molecular formula is C15H19N3O2. The van der Waals surface area contributed by atoms with Gasteiger partial charge in [0.1, 0.15) is 0 Å². The fraction of sp³-hybridized carbons (Fsp3) is 0.467. The molecule has 1 saturated carbocycles. The Morgan fingerprint density at radius 1 is 1.60 bits per heavy atom. The molecule has 2 N–H and O–H groups in total. The summed E-state index contributed by atoms with van der Waals surface area (Å²) >= 11 is 0. The van der Waals surface area contributed by atoms with Crippen molar-refractivity contribution in [2.75, 3.05) is 18.5 Å². The summed E-state index contributed by atoms with van der Waals surface area (Å²) in [5.41, 5.74) is 1.14. The number of anilines is 1. The molecule has 1 atom stereocenters. The van der Waals surface area contributed by atoms with Crippen molar-refractivity contribution in [2.45, 2.75) is 31.8 Å². The van der Waals surface area contributed by atoms with Crippen LogP contribution >= 0.6 is 0 Å². The smallest absolute Gasteiger partial charge is 0.241 e. The highest BCUT2D eigenvalue weighted by molar-refractivity contribution is 5.94. The van der Waals surface area contributed by atoms with E-state index < -0.39 is 0 Å². The molecule has 2 rings (SSSR count). The first-order valence-electron chi connectivity index (χ1n) is 6.83. The minimum Gasteiger partial charge on any atom is -0.395 e. The third-order valence-electron chi connectivity index (χ3n) is 3.51. The molecule has 0 aromatic heterocycles. The van der Waals surface area contributed by atoms with Crippen molar-refractivity contribution in [2.24, 2.45) is 0 Å². The van der Waals surface area contributed by atoms with Crippen LogP contribution in [-0.4, -0.2) is 41.1 Å². The number of rotatable bonds is 6. The molecule has 0 spiro atoms. The Morgan fingerprint density at radius 2 is 2.35 bits per heavy atom. The molecule has 1 amide bonds. The van der Waals surface area contributed by atoms with Gasteiger partial charge in [0.15, 0.2) is 0 Å². The average Bonchev–Trinajstić information content (AvgIpc) is 3.28. The first-order chi connectivity index (χ1) is 9.65. The number of carbonyl (C=O) groups is 1. The zero-order valence-corrected chi connectivity index (χ0v) is 11.5. The number of benzene rings is 1. The van der Waals surface area contributed by atoms with Gasteiger partial charge in [0.05, 0.1) is 24.3 Å². The number of hydrogen-bond donors (Lipinski definition) is 2. The molecule has 0 saturated heterocycles. The number of nitrogens with zero attached hydrogens (tertiary/aromatic N) is 2. The van der Waals surface area contributed by atoms with Crippen LogP contribution in [-0.2, 0) is 4.79 Å². The Bertz CT molecular complexity index is 520. The average molecular weight is 273 g/mol. The van der Waals surface area contributed by atoms with E-state index in [0.29, 0.717) is 23.8 Å². The second kappa shape index (κ2) is 6.51. The molecule has 5 heteroatoms. The molecule has 1 unspecified atom stereocenters. The zero-order valence-electron chi connectivity index (χ0n) is 11.5. The maximum absolute atomic E-state index is 12.2. The minimum absolute atomic E-state index is 0.0536. The lowest BCUT2D eigenvalue weighted by Crippen LogP contribution is -2.44. The van der Waals surface area contributed by atoms with Gasteiger partial charge >= 0.3 is 0 Å². The van der Waals surface area contributed by atoms with Crippen LogP contribution in [0.25, 0.3) is 0 Å². The maximum atomic E-state index is 12.2. The summed E-state index contributed by atoms with van der Waals surface area (Å²) in [5, 5.41) is 20.8. The van der Waals surface area contributed by atoms with Crippen molar-refractivity contribution >= 4 is 11.6 Å². The molecule has 1 fully saturated rings. The molecule has 20 heavy (non-hydrogen) atoms. The summed E-state index contributed by atoms with van der Waals surface area (Å²) in [4.78, 5) is 14.3. The SMILES string of the molecule is CC(C(=O)Nc1cccc(C#N)c1)N(CCO)C1CC1. The molecule has 106 valence electrons. The molecule has 1 aliphatic carbocycles. The number of carbonyl (C=O) groups excluding carboxylic acids is 1. The monoisotopic (exact) mass is 273 g/mol. The van der Waals surface area contributed by atoms with Gasteiger partial charge in [-0.2, -0.15) is 5.26 Å². The predicted molar refractivity (Wildman–Crippen MR) is 76.1 cm³/mol. The van der Waals surface area contributed by atoms with Crippen molar-refractivity contribution in [1.29, 1.82) is 5.26 Å². The van der Waals surface area contributed by atoms with E-state index in [1.54, 1.807) is 24.3 Å². The maximum Gasteiger partial charge on any atom is 0.241 e. The quantitative estimate of drug-likeness (QED) is 0.820. The molecule has 1 aliphatic rings. The van der Waals surface area contributed by atoms with Gasteiger partial charge < -0.3 is 10.4 Å². The second-order valence-electron chi connectivity index (χ2n) is 5.05. The van der Waals surface area contributed by atoms with Crippen LogP contribution in [0, 0.1) is 11.3 Å². The van der Waals surface area contributed by atoms with Gasteiger partial charge in [0.25, 0.3) is 0 Å². The highest BCUT2D eigenvalue weighted by Gasteiger charge is 2.34.